The average molecular weight is 213 g/mol. The van der Waals surface area contributed by atoms with Crippen molar-refractivity contribution in [3.63, 3.8) is 0 Å². The molecule has 0 amide bonds. The first-order valence-corrected chi connectivity index (χ1v) is 4.97. The van der Waals surface area contributed by atoms with Crippen molar-refractivity contribution in [3.05, 3.63) is 34.9 Å². The van der Waals surface area contributed by atoms with Crippen LogP contribution in [0, 0.1) is 18.6 Å². The van der Waals surface area contributed by atoms with Crippen LogP contribution in [0.25, 0.3) is 0 Å². The Balaban J connectivity index is 2.36. The highest BCUT2D eigenvalue weighted by atomic mass is 19.1. The molecule has 1 saturated heterocycles. The molecule has 1 aliphatic heterocycles. The van der Waals surface area contributed by atoms with Crippen molar-refractivity contribution in [1.29, 1.82) is 0 Å². The molecule has 0 saturated carbocycles. The smallest absolute Gasteiger partial charge is 0.134 e. The fourth-order valence-corrected chi connectivity index (χ4v) is 1.72. The summed E-state index contributed by atoms with van der Waals surface area (Å²) in [4.78, 5) is 0. The lowest BCUT2D eigenvalue weighted by molar-refractivity contribution is 0.0231. The van der Waals surface area contributed by atoms with Crippen molar-refractivity contribution in [2.45, 2.75) is 13.0 Å². The lowest BCUT2D eigenvalue weighted by Crippen LogP contribution is -2.34. The zero-order valence-corrected chi connectivity index (χ0v) is 8.52. The van der Waals surface area contributed by atoms with Crippen molar-refractivity contribution in [1.82, 2.24) is 5.32 Å². The summed E-state index contributed by atoms with van der Waals surface area (Å²) in [5.41, 5.74) is 0.489. The quantitative estimate of drug-likeness (QED) is 0.769. The van der Waals surface area contributed by atoms with E-state index >= 15 is 0 Å². The van der Waals surface area contributed by atoms with Crippen LogP contribution in [0.4, 0.5) is 8.78 Å². The van der Waals surface area contributed by atoms with Gasteiger partial charge in [-0.1, -0.05) is 6.07 Å². The van der Waals surface area contributed by atoms with Crippen molar-refractivity contribution in [2.75, 3.05) is 19.7 Å². The fourth-order valence-electron chi connectivity index (χ4n) is 1.72. The molecule has 0 radical (unpaired) electrons. The Labute approximate surface area is 87.2 Å². The largest absolute Gasteiger partial charge is 0.371 e. The van der Waals surface area contributed by atoms with Crippen LogP contribution in [-0.2, 0) is 4.74 Å². The molecular weight excluding hydrogens is 200 g/mol. The number of hydrogen-bond acceptors (Lipinski definition) is 2. The molecule has 15 heavy (non-hydrogen) atoms. The van der Waals surface area contributed by atoms with Crippen LogP contribution < -0.4 is 5.32 Å². The topological polar surface area (TPSA) is 21.3 Å². The Morgan fingerprint density at radius 1 is 1.40 bits per heavy atom. The summed E-state index contributed by atoms with van der Waals surface area (Å²) >= 11 is 0. The average Bonchev–Trinajstić information content (AvgIpc) is 2.26. The standard InChI is InChI=1S/C11H13F2NO/c1-7-2-3-8(12)10(11(7)13)9-6-14-4-5-15-9/h2-3,9,14H,4-6H2,1H3. The number of benzene rings is 1. The monoisotopic (exact) mass is 213 g/mol. The third kappa shape index (κ3) is 2.01. The lowest BCUT2D eigenvalue weighted by Gasteiger charge is -2.25. The van der Waals surface area contributed by atoms with E-state index in [0.29, 0.717) is 18.7 Å². The predicted molar refractivity (Wildman–Crippen MR) is 52.7 cm³/mol. The summed E-state index contributed by atoms with van der Waals surface area (Å²) in [5, 5.41) is 3.05. The summed E-state index contributed by atoms with van der Waals surface area (Å²) in [5.74, 6) is -1.03. The van der Waals surface area contributed by atoms with Gasteiger partial charge in [0.25, 0.3) is 0 Å². The van der Waals surface area contributed by atoms with Crippen LogP contribution in [0.5, 0.6) is 0 Å². The Kier molecular flexibility index (Phi) is 2.98. The number of morpholine rings is 1. The van der Waals surface area contributed by atoms with Gasteiger partial charge in [-0.25, -0.2) is 8.78 Å². The highest BCUT2D eigenvalue weighted by molar-refractivity contribution is 5.28. The molecule has 0 aliphatic carbocycles. The summed E-state index contributed by atoms with van der Waals surface area (Å²) in [7, 11) is 0. The highest BCUT2D eigenvalue weighted by Crippen LogP contribution is 2.26. The van der Waals surface area contributed by atoms with Gasteiger partial charge in [0, 0.05) is 13.1 Å². The third-order valence-electron chi connectivity index (χ3n) is 2.57. The summed E-state index contributed by atoms with van der Waals surface area (Å²) in [6.45, 7) is 3.29. The molecule has 0 spiro atoms. The maximum atomic E-state index is 13.7. The lowest BCUT2D eigenvalue weighted by atomic mass is 10.0. The van der Waals surface area contributed by atoms with Gasteiger partial charge in [0.2, 0.25) is 0 Å². The second-order valence-electron chi connectivity index (χ2n) is 3.66. The first kappa shape index (κ1) is 10.5. The van der Waals surface area contributed by atoms with Crippen molar-refractivity contribution in [2.24, 2.45) is 0 Å². The van der Waals surface area contributed by atoms with Crippen LogP contribution in [0.3, 0.4) is 0 Å². The fraction of sp³-hybridized carbons (Fsp3) is 0.455. The molecule has 0 bridgehead atoms. The minimum atomic E-state index is -0.535. The van der Waals surface area contributed by atoms with E-state index in [1.165, 1.54) is 12.1 Å². The Morgan fingerprint density at radius 2 is 2.20 bits per heavy atom. The second kappa shape index (κ2) is 4.24. The molecular formula is C11H13F2NO. The summed E-state index contributed by atoms with van der Waals surface area (Å²) in [6, 6.07) is 2.72. The van der Waals surface area contributed by atoms with E-state index in [9.17, 15) is 8.78 Å². The molecule has 1 atom stereocenters. The molecule has 2 nitrogen and oxygen atoms in total. The van der Waals surface area contributed by atoms with Crippen molar-refractivity contribution in [3.8, 4) is 0 Å². The van der Waals surface area contributed by atoms with Crippen molar-refractivity contribution < 1.29 is 13.5 Å². The zero-order valence-electron chi connectivity index (χ0n) is 8.52. The van der Waals surface area contributed by atoms with E-state index in [0.717, 1.165) is 6.54 Å². The number of hydrogen-bond donors (Lipinski definition) is 1. The molecule has 4 heteroatoms. The third-order valence-corrected chi connectivity index (χ3v) is 2.57. The molecule has 1 aromatic carbocycles. The van der Waals surface area contributed by atoms with E-state index in [2.05, 4.69) is 5.32 Å². The van der Waals surface area contributed by atoms with Crippen LogP contribution in [0.15, 0.2) is 12.1 Å². The number of ether oxygens (including phenoxy) is 1. The minimum absolute atomic E-state index is 0.0437. The Bertz CT molecular complexity index is 362. The van der Waals surface area contributed by atoms with E-state index in [1.807, 2.05) is 0 Å². The summed E-state index contributed by atoms with van der Waals surface area (Å²) < 4.78 is 32.5. The van der Waals surface area contributed by atoms with Crippen LogP contribution >= 0.6 is 0 Å². The number of rotatable bonds is 1. The molecule has 1 unspecified atom stereocenters. The van der Waals surface area contributed by atoms with E-state index in [4.69, 9.17) is 4.74 Å². The van der Waals surface area contributed by atoms with Crippen molar-refractivity contribution >= 4 is 0 Å². The number of halogens is 2. The van der Waals surface area contributed by atoms with Gasteiger partial charge in [-0.15, -0.1) is 0 Å². The molecule has 2 rings (SSSR count). The normalized spacial score (nSPS) is 21.7. The van der Waals surface area contributed by atoms with Gasteiger partial charge < -0.3 is 10.1 Å². The zero-order chi connectivity index (χ0) is 10.8. The van der Waals surface area contributed by atoms with Crippen LogP contribution in [0.1, 0.15) is 17.2 Å². The Hall–Kier alpha value is -1.00. The molecule has 0 aromatic heterocycles. The van der Waals surface area contributed by atoms with E-state index in [1.54, 1.807) is 6.92 Å². The molecule has 1 N–H and O–H groups in total. The number of aryl methyl sites for hydroxylation is 1. The molecule has 82 valence electrons. The van der Waals surface area contributed by atoms with Gasteiger partial charge in [0.15, 0.2) is 0 Å². The van der Waals surface area contributed by atoms with Gasteiger partial charge in [-0.2, -0.15) is 0 Å². The molecule has 1 fully saturated rings. The number of nitrogens with one attached hydrogen (secondary N) is 1. The van der Waals surface area contributed by atoms with Gasteiger partial charge in [-0.05, 0) is 18.6 Å². The predicted octanol–water partition coefficient (Wildman–Crippen LogP) is 1.93. The minimum Gasteiger partial charge on any atom is -0.371 e. The summed E-state index contributed by atoms with van der Waals surface area (Å²) in [6.07, 6.45) is -0.515. The first-order chi connectivity index (χ1) is 7.20. The van der Waals surface area contributed by atoms with E-state index in [-0.39, 0.29) is 5.56 Å². The first-order valence-electron chi connectivity index (χ1n) is 4.97. The molecule has 1 heterocycles. The van der Waals surface area contributed by atoms with Gasteiger partial charge in [0.1, 0.15) is 17.7 Å². The highest BCUT2D eigenvalue weighted by Gasteiger charge is 2.23. The maximum Gasteiger partial charge on any atom is 0.134 e. The SMILES string of the molecule is Cc1ccc(F)c(C2CNCCO2)c1F. The van der Waals surface area contributed by atoms with Crippen LogP contribution in [-0.4, -0.2) is 19.7 Å². The molecule has 1 aromatic rings. The van der Waals surface area contributed by atoms with Crippen LogP contribution in [0.2, 0.25) is 0 Å². The maximum absolute atomic E-state index is 13.7. The van der Waals surface area contributed by atoms with Gasteiger partial charge in [0.05, 0.1) is 12.2 Å². The second-order valence-corrected chi connectivity index (χ2v) is 3.66. The van der Waals surface area contributed by atoms with Gasteiger partial charge in [-0.3, -0.25) is 0 Å². The van der Waals surface area contributed by atoms with Gasteiger partial charge >= 0.3 is 0 Å². The van der Waals surface area contributed by atoms with E-state index < -0.39 is 17.7 Å². The molecule has 1 aliphatic rings. The Morgan fingerprint density at radius 3 is 2.87 bits per heavy atom.